The minimum atomic E-state index is -0.615. The first-order chi connectivity index (χ1) is 20.3. The molecule has 2 aromatic carbocycles. The smallest absolute Gasteiger partial charge is 0.260 e. The summed E-state index contributed by atoms with van der Waals surface area (Å²) in [5.74, 6) is 1.51. The lowest BCUT2D eigenvalue weighted by Crippen LogP contribution is -2.25. The number of amides is 1. The molecule has 2 aliphatic heterocycles. The van der Waals surface area contributed by atoms with Crippen LogP contribution in [-0.4, -0.2) is 50.8 Å². The maximum absolute atomic E-state index is 13.7. The number of hydrogen-bond donors (Lipinski definition) is 0. The lowest BCUT2D eigenvalue weighted by Gasteiger charge is -2.18. The molecule has 2 aromatic heterocycles. The van der Waals surface area contributed by atoms with Gasteiger partial charge in [0.2, 0.25) is 0 Å². The van der Waals surface area contributed by atoms with E-state index >= 15 is 0 Å². The standard InChI is InChI=1S/C32H30N6O4/c1-32(2)41-17-24(42-32)16-40-23-8-7-21-15-38(31(39)26(21)13-23)29-12-22(11-28(35-29)20-5-6-20)25-9-4-19(14-33)10-27(25)30-36-34-18-37(30)3/h4,7-13,18,20,24H,5-6,15-17H2,1-3H3/t24-/m1/s1. The van der Waals surface area contributed by atoms with E-state index in [4.69, 9.17) is 19.2 Å². The largest absolute Gasteiger partial charge is 0.491 e. The van der Waals surface area contributed by atoms with Crippen LogP contribution in [0.1, 0.15) is 59.8 Å². The summed E-state index contributed by atoms with van der Waals surface area (Å²) in [5.41, 5.74) is 5.64. The number of rotatable bonds is 7. The van der Waals surface area contributed by atoms with Gasteiger partial charge in [0.25, 0.3) is 5.91 Å². The van der Waals surface area contributed by atoms with Crippen LogP contribution in [0.15, 0.2) is 54.9 Å². The molecule has 1 saturated carbocycles. The number of aryl methyl sites for hydroxylation is 1. The lowest BCUT2D eigenvalue weighted by molar-refractivity contribution is -0.141. The molecule has 1 aliphatic carbocycles. The molecular weight excluding hydrogens is 532 g/mol. The fourth-order valence-corrected chi connectivity index (χ4v) is 5.59. The molecule has 2 fully saturated rings. The van der Waals surface area contributed by atoms with Gasteiger partial charge in [-0.15, -0.1) is 10.2 Å². The summed E-state index contributed by atoms with van der Waals surface area (Å²) in [6, 6.07) is 17.5. The quantitative estimate of drug-likeness (QED) is 0.310. The number of pyridine rings is 1. The summed E-state index contributed by atoms with van der Waals surface area (Å²) in [4.78, 5) is 20.4. The molecule has 1 amide bonds. The van der Waals surface area contributed by atoms with Crippen molar-refractivity contribution in [3.63, 3.8) is 0 Å². The number of fused-ring (bicyclic) bond motifs is 1. The maximum Gasteiger partial charge on any atom is 0.260 e. The Kier molecular flexibility index (Phi) is 6.30. The van der Waals surface area contributed by atoms with Crippen molar-refractivity contribution in [1.82, 2.24) is 19.7 Å². The summed E-state index contributed by atoms with van der Waals surface area (Å²) in [7, 11) is 1.87. The number of ether oxygens (including phenoxy) is 3. The zero-order valence-electron chi connectivity index (χ0n) is 23.7. The summed E-state index contributed by atoms with van der Waals surface area (Å²) in [6.45, 7) is 4.99. The number of anilines is 1. The normalized spacial score (nSPS) is 19.1. The third-order valence-corrected chi connectivity index (χ3v) is 7.90. The maximum atomic E-state index is 13.7. The third kappa shape index (κ3) is 4.91. The van der Waals surface area contributed by atoms with Gasteiger partial charge in [0.15, 0.2) is 11.6 Å². The number of aromatic nitrogens is 4. The fraction of sp³-hybridized carbons (Fsp3) is 0.344. The Balaban J connectivity index is 1.20. The van der Waals surface area contributed by atoms with Crippen molar-refractivity contribution in [1.29, 1.82) is 5.26 Å². The molecule has 0 spiro atoms. The predicted octanol–water partition coefficient (Wildman–Crippen LogP) is 4.98. The average Bonchev–Trinajstić information content (AvgIpc) is 3.55. The zero-order valence-corrected chi connectivity index (χ0v) is 23.7. The molecule has 0 bridgehead atoms. The minimum Gasteiger partial charge on any atom is -0.491 e. The molecule has 212 valence electrons. The minimum absolute atomic E-state index is 0.114. The van der Waals surface area contributed by atoms with Crippen molar-refractivity contribution in [3.8, 4) is 34.3 Å². The first-order valence-electron chi connectivity index (χ1n) is 14.1. The number of hydrogen-bond acceptors (Lipinski definition) is 8. The van der Waals surface area contributed by atoms with Crippen LogP contribution in [0.4, 0.5) is 5.82 Å². The van der Waals surface area contributed by atoms with Crippen molar-refractivity contribution in [3.05, 3.63) is 77.2 Å². The summed E-state index contributed by atoms with van der Waals surface area (Å²) in [6.07, 6.45) is 3.61. The van der Waals surface area contributed by atoms with Crippen LogP contribution in [0.25, 0.3) is 22.5 Å². The Labute approximate surface area is 243 Å². The first-order valence-corrected chi connectivity index (χ1v) is 14.1. The van der Waals surface area contributed by atoms with Gasteiger partial charge in [-0.3, -0.25) is 9.69 Å². The monoisotopic (exact) mass is 562 g/mol. The highest BCUT2D eigenvalue weighted by Gasteiger charge is 2.34. The van der Waals surface area contributed by atoms with Crippen LogP contribution in [0.3, 0.4) is 0 Å². The van der Waals surface area contributed by atoms with Gasteiger partial charge in [-0.05, 0) is 79.8 Å². The number of benzene rings is 2. The Morgan fingerprint density at radius 2 is 1.95 bits per heavy atom. The van der Waals surface area contributed by atoms with Crippen molar-refractivity contribution < 1.29 is 19.0 Å². The molecule has 0 unspecified atom stereocenters. The summed E-state index contributed by atoms with van der Waals surface area (Å²) < 4.78 is 19.3. The van der Waals surface area contributed by atoms with E-state index in [1.807, 2.05) is 55.8 Å². The highest BCUT2D eigenvalue weighted by molar-refractivity contribution is 6.10. The van der Waals surface area contributed by atoms with E-state index in [1.165, 1.54) is 0 Å². The topological polar surface area (TPSA) is 115 Å². The molecular formula is C32H30N6O4. The molecule has 0 N–H and O–H groups in total. The number of carbonyl (C=O) groups excluding carboxylic acids is 1. The van der Waals surface area contributed by atoms with E-state index in [9.17, 15) is 10.1 Å². The molecule has 4 aromatic rings. The molecule has 7 rings (SSSR count). The molecule has 0 radical (unpaired) electrons. The second-order valence-electron chi connectivity index (χ2n) is 11.5. The number of nitrogens with zero attached hydrogens (tertiary/aromatic N) is 6. The highest BCUT2D eigenvalue weighted by atomic mass is 16.7. The predicted molar refractivity (Wildman–Crippen MR) is 154 cm³/mol. The van der Waals surface area contributed by atoms with E-state index in [2.05, 4.69) is 22.3 Å². The SMILES string of the molecule is Cn1cnnc1-c1cc(C#N)ccc1-c1cc(C2CC2)nc(N2Cc3ccc(OC[C@@H]4COC(C)(C)O4)cc3C2=O)c1. The molecule has 10 heteroatoms. The van der Waals surface area contributed by atoms with Gasteiger partial charge in [-0.1, -0.05) is 12.1 Å². The van der Waals surface area contributed by atoms with Crippen LogP contribution >= 0.6 is 0 Å². The van der Waals surface area contributed by atoms with Crippen LogP contribution in [-0.2, 0) is 23.1 Å². The van der Waals surface area contributed by atoms with Gasteiger partial charge in [0.1, 0.15) is 30.6 Å². The van der Waals surface area contributed by atoms with E-state index < -0.39 is 5.79 Å². The summed E-state index contributed by atoms with van der Waals surface area (Å²) in [5, 5.41) is 17.9. The van der Waals surface area contributed by atoms with Crippen molar-refractivity contribution >= 4 is 11.7 Å². The Bertz CT molecular complexity index is 1750. The number of nitriles is 1. The van der Waals surface area contributed by atoms with E-state index in [0.29, 0.717) is 54.2 Å². The third-order valence-electron chi connectivity index (χ3n) is 7.90. The van der Waals surface area contributed by atoms with Gasteiger partial charge >= 0.3 is 0 Å². The van der Waals surface area contributed by atoms with Gasteiger partial charge in [-0.25, -0.2) is 4.98 Å². The van der Waals surface area contributed by atoms with Gasteiger partial charge in [-0.2, -0.15) is 5.26 Å². The Morgan fingerprint density at radius 3 is 2.67 bits per heavy atom. The van der Waals surface area contributed by atoms with Gasteiger partial charge < -0.3 is 18.8 Å². The second-order valence-corrected chi connectivity index (χ2v) is 11.5. The van der Waals surface area contributed by atoms with Crippen LogP contribution in [0, 0.1) is 11.3 Å². The lowest BCUT2D eigenvalue weighted by atomic mass is 9.96. The molecule has 42 heavy (non-hydrogen) atoms. The van der Waals surface area contributed by atoms with Crippen molar-refractivity contribution in [2.75, 3.05) is 18.1 Å². The van der Waals surface area contributed by atoms with Crippen LogP contribution in [0.5, 0.6) is 5.75 Å². The molecule has 1 saturated heterocycles. The second kappa shape index (κ2) is 10.0. The fourth-order valence-electron chi connectivity index (χ4n) is 5.59. The van der Waals surface area contributed by atoms with E-state index in [1.54, 1.807) is 23.4 Å². The zero-order chi connectivity index (χ0) is 29.0. The van der Waals surface area contributed by atoms with E-state index in [-0.39, 0.29) is 12.0 Å². The van der Waals surface area contributed by atoms with Gasteiger partial charge in [0.05, 0.1) is 24.8 Å². The van der Waals surface area contributed by atoms with Crippen LogP contribution < -0.4 is 9.64 Å². The molecule has 3 aliphatic rings. The highest BCUT2D eigenvalue weighted by Crippen LogP contribution is 2.43. The average molecular weight is 563 g/mol. The number of carbonyl (C=O) groups is 1. The molecule has 10 nitrogen and oxygen atoms in total. The van der Waals surface area contributed by atoms with Gasteiger partial charge in [0, 0.05) is 29.8 Å². The molecule has 4 heterocycles. The Hall–Kier alpha value is -4.59. The Morgan fingerprint density at radius 1 is 1.10 bits per heavy atom. The van der Waals surface area contributed by atoms with Crippen molar-refractivity contribution in [2.24, 2.45) is 7.05 Å². The van der Waals surface area contributed by atoms with Crippen LogP contribution in [0.2, 0.25) is 0 Å². The van der Waals surface area contributed by atoms with Crippen molar-refractivity contribution in [2.45, 2.75) is 51.0 Å². The first kappa shape index (κ1) is 26.3. The van der Waals surface area contributed by atoms with E-state index in [0.717, 1.165) is 40.8 Å². The molecule has 1 atom stereocenters. The summed E-state index contributed by atoms with van der Waals surface area (Å²) >= 11 is 0.